The molecule has 0 bridgehead atoms. The normalized spacial score (nSPS) is 24.8. The molecule has 4 nitrogen and oxygen atoms in total. The minimum absolute atomic E-state index is 0.0153. The molecule has 1 heterocycles. The second kappa shape index (κ2) is 8.28. The van der Waals surface area contributed by atoms with Gasteiger partial charge in [-0.1, -0.05) is 42.8 Å². The van der Waals surface area contributed by atoms with Crippen molar-refractivity contribution in [2.45, 2.75) is 38.5 Å². The Morgan fingerprint density at radius 1 is 1.17 bits per heavy atom. The van der Waals surface area contributed by atoms with Gasteiger partial charge in [0.05, 0.1) is 11.7 Å². The smallest absolute Gasteiger partial charge is 0.387 e. The van der Waals surface area contributed by atoms with Crippen LogP contribution in [0.15, 0.2) is 48.5 Å². The summed E-state index contributed by atoms with van der Waals surface area (Å²) in [5.74, 6) is 0.951. The molecule has 0 aromatic heterocycles. The molecule has 4 rings (SSSR count). The molecular weight excluding hydrogens is 398 g/mol. The number of rotatable bonds is 7. The minimum atomic E-state index is -2.94. The van der Waals surface area contributed by atoms with Crippen LogP contribution in [0.3, 0.4) is 0 Å². The van der Waals surface area contributed by atoms with Gasteiger partial charge in [0.1, 0.15) is 5.75 Å². The highest BCUT2D eigenvalue weighted by molar-refractivity contribution is 6.30. The third-order valence-corrected chi connectivity index (χ3v) is 6.04. The molecule has 0 radical (unpaired) electrons. The van der Waals surface area contributed by atoms with E-state index in [1.54, 1.807) is 18.2 Å². The predicted octanol–water partition coefficient (Wildman–Crippen LogP) is 5.03. The quantitative estimate of drug-likeness (QED) is 0.682. The molecule has 4 atom stereocenters. The van der Waals surface area contributed by atoms with Crippen molar-refractivity contribution in [2.24, 2.45) is 11.8 Å². The first kappa shape index (κ1) is 20.1. The number of alkyl halides is 2. The number of para-hydroxylation sites is 2. The number of ether oxygens (including phenoxy) is 1. The van der Waals surface area contributed by atoms with Gasteiger partial charge in [-0.2, -0.15) is 8.78 Å². The Morgan fingerprint density at radius 2 is 1.86 bits per heavy atom. The van der Waals surface area contributed by atoms with Gasteiger partial charge in [-0.05, 0) is 54.5 Å². The van der Waals surface area contributed by atoms with Gasteiger partial charge in [0.15, 0.2) is 0 Å². The first-order valence-electron chi connectivity index (χ1n) is 9.80. The highest BCUT2D eigenvalue weighted by Gasteiger charge is 2.43. The van der Waals surface area contributed by atoms with Crippen molar-refractivity contribution in [3.8, 4) is 5.75 Å². The van der Waals surface area contributed by atoms with Crippen LogP contribution in [0.1, 0.15) is 31.4 Å². The molecule has 2 aromatic rings. The highest BCUT2D eigenvalue weighted by Crippen LogP contribution is 2.47. The molecule has 0 spiro atoms. The third kappa shape index (κ3) is 4.38. The van der Waals surface area contributed by atoms with Crippen molar-refractivity contribution in [3.63, 3.8) is 0 Å². The highest BCUT2D eigenvalue weighted by atomic mass is 35.5. The minimum Gasteiger partial charge on any atom is -0.433 e. The Hall–Kier alpha value is -2.18. The summed E-state index contributed by atoms with van der Waals surface area (Å²) in [4.78, 5) is 14.6. The monoisotopic (exact) mass is 420 g/mol. The van der Waals surface area contributed by atoms with Crippen LogP contribution < -0.4 is 15.0 Å². The molecule has 1 aliphatic heterocycles. The number of carbonyl (C=O) groups is 1. The van der Waals surface area contributed by atoms with Crippen LogP contribution in [0.25, 0.3) is 0 Å². The van der Waals surface area contributed by atoms with E-state index in [1.807, 2.05) is 24.3 Å². The molecule has 4 unspecified atom stereocenters. The van der Waals surface area contributed by atoms with E-state index >= 15 is 0 Å². The van der Waals surface area contributed by atoms with E-state index in [0.717, 1.165) is 12.0 Å². The maximum atomic E-state index is 13.1. The number of nitrogens with zero attached hydrogens (tertiary/aromatic N) is 1. The van der Waals surface area contributed by atoms with Gasteiger partial charge in [0.25, 0.3) is 0 Å². The summed E-state index contributed by atoms with van der Waals surface area (Å²) in [5, 5.41) is 4.21. The van der Waals surface area contributed by atoms with Gasteiger partial charge in [-0.3, -0.25) is 10.1 Å². The van der Waals surface area contributed by atoms with Crippen molar-refractivity contribution in [1.29, 1.82) is 0 Å². The SMILES string of the molecule is CC1CC1C(NC1CCN(c2ccccc2OC(F)F)C1=O)c1ccc(Cl)cc1. The molecular formula is C22H23ClF2N2O2. The molecule has 1 saturated heterocycles. The fourth-order valence-electron chi connectivity index (χ4n) is 4.12. The van der Waals surface area contributed by atoms with E-state index in [-0.39, 0.29) is 23.7 Å². The van der Waals surface area contributed by atoms with E-state index in [2.05, 4.69) is 17.0 Å². The Kier molecular flexibility index (Phi) is 5.74. The van der Waals surface area contributed by atoms with Crippen molar-refractivity contribution < 1.29 is 18.3 Å². The van der Waals surface area contributed by atoms with Crippen LogP contribution in [-0.4, -0.2) is 25.1 Å². The number of anilines is 1. The van der Waals surface area contributed by atoms with E-state index < -0.39 is 6.61 Å². The molecule has 1 aliphatic carbocycles. The molecule has 154 valence electrons. The fourth-order valence-corrected chi connectivity index (χ4v) is 4.24. The average Bonchev–Trinajstić information content (AvgIpc) is 3.30. The van der Waals surface area contributed by atoms with E-state index in [4.69, 9.17) is 11.6 Å². The first-order chi connectivity index (χ1) is 13.9. The lowest BCUT2D eigenvalue weighted by Gasteiger charge is -2.24. The molecule has 29 heavy (non-hydrogen) atoms. The number of hydrogen-bond donors (Lipinski definition) is 1. The zero-order valence-electron chi connectivity index (χ0n) is 16.0. The summed E-state index contributed by atoms with van der Waals surface area (Å²) < 4.78 is 30.1. The zero-order chi connectivity index (χ0) is 20.5. The molecule has 2 fully saturated rings. The van der Waals surface area contributed by atoms with E-state index in [9.17, 15) is 13.6 Å². The number of hydrogen-bond acceptors (Lipinski definition) is 3. The summed E-state index contributed by atoms with van der Waals surface area (Å²) in [5.41, 5.74) is 1.49. The Bertz CT molecular complexity index is 877. The van der Waals surface area contributed by atoms with Crippen molar-refractivity contribution in [3.05, 3.63) is 59.1 Å². The standard InChI is InChI=1S/C22H23ClF2N2O2/c1-13-12-16(13)20(14-6-8-15(23)9-7-14)26-17-10-11-27(21(17)28)18-4-2-3-5-19(18)29-22(24)25/h2-9,13,16-17,20,22,26H,10-12H2,1H3. The predicted molar refractivity (Wildman–Crippen MR) is 108 cm³/mol. The van der Waals surface area contributed by atoms with Gasteiger partial charge >= 0.3 is 6.61 Å². The molecule has 1 amide bonds. The second-order valence-electron chi connectivity index (χ2n) is 7.75. The largest absolute Gasteiger partial charge is 0.433 e. The Labute approximate surface area is 173 Å². The van der Waals surface area contributed by atoms with Gasteiger partial charge in [0, 0.05) is 17.6 Å². The Balaban J connectivity index is 1.52. The molecule has 1 saturated carbocycles. The Morgan fingerprint density at radius 3 is 2.52 bits per heavy atom. The number of amides is 1. The molecule has 1 N–H and O–H groups in total. The molecule has 2 aromatic carbocycles. The lowest BCUT2D eigenvalue weighted by atomic mass is 9.99. The number of halogens is 3. The van der Waals surface area contributed by atoms with Crippen LogP contribution in [-0.2, 0) is 4.79 Å². The topological polar surface area (TPSA) is 41.6 Å². The molecule has 7 heteroatoms. The van der Waals surface area contributed by atoms with Crippen molar-refractivity contribution >= 4 is 23.2 Å². The maximum absolute atomic E-state index is 13.1. The van der Waals surface area contributed by atoms with E-state index in [1.165, 1.54) is 11.0 Å². The van der Waals surface area contributed by atoms with Gasteiger partial charge < -0.3 is 9.64 Å². The summed E-state index contributed by atoms with van der Waals surface area (Å²) in [6.45, 7) is -0.280. The van der Waals surface area contributed by atoms with Crippen LogP contribution in [0.2, 0.25) is 5.02 Å². The van der Waals surface area contributed by atoms with Crippen LogP contribution >= 0.6 is 11.6 Å². The van der Waals surface area contributed by atoms with Crippen LogP contribution in [0, 0.1) is 11.8 Å². The van der Waals surface area contributed by atoms with Gasteiger partial charge in [0.2, 0.25) is 5.91 Å². The van der Waals surface area contributed by atoms with Crippen molar-refractivity contribution in [2.75, 3.05) is 11.4 Å². The summed E-state index contributed by atoms with van der Waals surface area (Å²) in [6, 6.07) is 13.8. The van der Waals surface area contributed by atoms with Crippen molar-refractivity contribution in [1.82, 2.24) is 5.32 Å². The third-order valence-electron chi connectivity index (χ3n) is 5.79. The summed E-state index contributed by atoms with van der Waals surface area (Å²) in [7, 11) is 0. The second-order valence-corrected chi connectivity index (χ2v) is 8.19. The molecule has 2 aliphatic rings. The number of carbonyl (C=O) groups excluding carboxylic acids is 1. The summed E-state index contributed by atoms with van der Waals surface area (Å²) in [6.07, 6.45) is 1.71. The first-order valence-corrected chi connectivity index (χ1v) is 10.2. The summed E-state index contributed by atoms with van der Waals surface area (Å²) >= 11 is 6.02. The number of benzene rings is 2. The van der Waals surface area contributed by atoms with E-state index in [0.29, 0.717) is 35.5 Å². The van der Waals surface area contributed by atoms with Gasteiger partial charge in [-0.15, -0.1) is 0 Å². The van der Waals surface area contributed by atoms with Crippen LogP contribution in [0.4, 0.5) is 14.5 Å². The fraction of sp³-hybridized carbons (Fsp3) is 0.409. The average molecular weight is 421 g/mol. The van der Waals surface area contributed by atoms with Crippen LogP contribution in [0.5, 0.6) is 5.75 Å². The lowest BCUT2D eigenvalue weighted by molar-refractivity contribution is -0.119. The maximum Gasteiger partial charge on any atom is 0.387 e. The lowest BCUT2D eigenvalue weighted by Crippen LogP contribution is -2.41. The number of nitrogens with one attached hydrogen (secondary N) is 1. The van der Waals surface area contributed by atoms with Gasteiger partial charge in [-0.25, -0.2) is 0 Å². The zero-order valence-corrected chi connectivity index (χ0v) is 16.8.